The average molecular weight is 269 g/mol. The molecular formula is C15H27NOS. The van der Waals surface area contributed by atoms with E-state index in [2.05, 4.69) is 24.0 Å². The highest BCUT2D eigenvalue weighted by molar-refractivity contribution is 8.00. The van der Waals surface area contributed by atoms with Crippen molar-refractivity contribution < 1.29 is 4.74 Å². The second-order valence-electron chi connectivity index (χ2n) is 6.70. The Labute approximate surface area is 116 Å². The van der Waals surface area contributed by atoms with Crippen LogP contribution < -0.4 is 5.32 Å². The number of hydrogen-bond acceptors (Lipinski definition) is 3. The van der Waals surface area contributed by atoms with Gasteiger partial charge in [0, 0.05) is 30.5 Å². The molecule has 3 heteroatoms. The van der Waals surface area contributed by atoms with E-state index in [4.69, 9.17) is 4.74 Å². The van der Waals surface area contributed by atoms with Gasteiger partial charge in [-0.15, -0.1) is 0 Å². The van der Waals surface area contributed by atoms with Gasteiger partial charge in [-0.05, 0) is 56.6 Å². The molecule has 0 aromatic carbocycles. The van der Waals surface area contributed by atoms with Crippen molar-refractivity contribution >= 4 is 11.8 Å². The number of nitrogens with one attached hydrogen (secondary N) is 1. The Morgan fingerprint density at radius 2 is 2.00 bits per heavy atom. The van der Waals surface area contributed by atoms with Crippen LogP contribution in [-0.2, 0) is 4.74 Å². The standard InChI is InChI=1S/C15H27NOS/c1-14(5-3-11-18-14)12-16-13-4-2-6-15(13)7-9-17-10-8-15/h13,16H,2-12H2,1H3. The topological polar surface area (TPSA) is 21.3 Å². The molecule has 2 nitrogen and oxygen atoms in total. The van der Waals surface area contributed by atoms with Gasteiger partial charge in [0.25, 0.3) is 0 Å². The summed E-state index contributed by atoms with van der Waals surface area (Å²) < 4.78 is 6.08. The number of rotatable bonds is 3. The summed E-state index contributed by atoms with van der Waals surface area (Å²) in [5.41, 5.74) is 0.581. The Balaban J connectivity index is 1.57. The molecule has 18 heavy (non-hydrogen) atoms. The van der Waals surface area contributed by atoms with Crippen LogP contribution >= 0.6 is 11.8 Å². The Kier molecular flexibility index (Phi) is 3.93. The first kappa shape index (κ1) is 13.3. The first-order chi connectivity index (χ1) is 8.73. The molecule has 1 N–H and O–H groups in total. The molecule has 0 radical (unpaired) electrons. The molecule has 1 spiro atoms. The zero-order valence-corrected chi connectivity index (χ0v) is 12.5. The van der Waals surface area contributed by atoms with E-state index >= 15 is 0 Å². The van der Waals surface area contributed by atoms with Crippen molar-refractivity contribution in [2.24, 2.45) is 5.41 Å². The van der Waals surface area contributed by atoms with Gasteiger partial charge in [0.05, 0.1) is 0 Å². The fourth-order valence-electron chi connectivity index (χ4n) is 4.15. The second-order valence-corrected chi connectivity index (χ2v) is 8.38. The average Bonchev–Trinajstić information content (AvgIpc) is 2.96. The third-order valence-corrected chi connectivity index (χ3v) is 6.96. The van der Waals surface area contributed by atoms with E-state index in [1.807, 2.05) is 0 Å². The molecule has 2 saturated heterocycles. The largest absolute Gasteiger partial charge is 0.381 e. The maximum absolute atomic E-state index is 5.57. The van der Waals surface area contributed by atoms with Crippen molar-refractivity contribution in [1.29, 1.82) is 0 Å². The molecule has 2 unspecified atom stereocenters. The summed E-state index contributed by atoms with van der Waals surface area (Å²) >= 11 is 2.18. The Hall–Kier alpha value is 0.270. The van der Waals surface area contributed by atoms with Gasteiger partial charge in [-0.2, -0.15) is 11.8 Å². The van der Waals surface area contributed by atoms with E-state index in [0.29, 0.717) is 10.2 Å². The molecule has 2 atom stereocenters. The third-order valence-electron chi connectivity index (χ3n) is 5.42. The molecule has 1 aliphatic carbocycles. The van der Waals surface area contributed by atoms with E-state index in [1.54, 1.807) is 0 Å². The Morgan fingerprint density at radius 3 is 2.72 bits per heavy atom. The van der Waals surface area contributed by atoms with E-state index in [0.717, 1.165) is 19.3 Å². The summed E-state index contributed by atoms with van der Waals surface area (Å²) in [6, 6.07) is 0.763. The quantitative estimate of drug-likeness (QED) is 0.850. The molecule has 0 aromatic rings. The van der Waals surface area contributed by atoms with E-state index < -0.39 is 0 Å². The van der Waals surface area contributed by atoms with Crippen LogP contribution in [0.4, 0.5) is 0 Å². The van der Waals surface area contributed by atoms with Gasteiger partial charge in [0.15, 0.2) is 0 Å². The summed E-state index contributed by atoms with van der Waals surface area (Å²) in [5.74, 6) is 1.36. The SMILES string of the molecule is CC1(CNC2CCCC23CCOCC3)CCCS1. The van der Waals surface area contributed by atoms with Gasteiger partial charge in [0.2, 0.25) is 0 Å². The van der Waals surface area contributed by atoms with Gasteiger partial charge >= 0.3 is 0 Å². The molecule has 104 valence electrons. The first-order valence-electron chi connectivity index (χ1n) is 7.68. The lowest BCUT2D eigenvalue weighted by Crippen LogP contribution is -2.48. The van der Waals surface area contributed by atoms with Crippen molar-refractivity contribution in [3.05, 3.63) is 0 Å². The summed E-state index contributed by atoms with van der Waals surface area (Å²) in [7, 11) is 0. The van der Waals surface area contributed by atoms with E-state index in [1.165, 1.54) is 57.2 Å². The zero-order chi connectivity index (χ0) is 12.5. The maximum Gasteiger partial charge on any atom is 0.0471 e. The zero-order valence-electron chi connectivity index (χ0n) is 11.7. The summed E-state index contributed by atoms with van der Waals surface area (Å²) in [4.78, 5) is 0. The molecule has 3 rings (SSSR count). The van der Waals surface area contributed by atoms with Crippen molar-refractivity contribution in [3.8, 4) is 0 Å². The van der Waals surface area contributed by atoms with Gasteiger partial charge in [-0.25, -0.2) is 0 Å². The van der Waals surface area contributed by atoms with E-state index in [-0.39, 0.29) is 0 Å². The van der Waals surface area contributed by atoms with Crippen LogP contribution in [-0.4, -0.2) is 36.3 Å². The fourth-order valence-corrected chi connectivity index (χ4v) is 5.40. The molecule has 0 aromatic heterocycles. The highest BCUT2D eigenvalue weighted by Crippen LogP contribution is 2.46. The highest BCUT2D eigenvalue weighted by Gasteiger charge is 2.44. The minimum Gasteiger partial charge on any atom is -0.381 e. The van der Waals surface area contributed by atoms with Crippen LogP contribution in [0.2, 0.25) is 0 Å². The van der Waals surface area contributed by atoms with Gasteiger partial charge in [0.1, 0.15) is 0 Å². The molecule has 2 heterocycles. The minimum absolute atomic E-state index is 0.509. The van der Waals surface area contributed by atoms with Crippen LogP contribution in [0.5, 0.6) is 0 Å². The number of ether oxygens (including phenoxy) is 1. The van der Waals surface area contributed by atoms with Crippen molar-refractivity contribution in [1.82, 2.24) is 5.32 Å². The third kappa shape index (κ3) is 2.59. The normalized spacial score (nSPS) is 39.5. The number of thioether (sulfide) groups is 1. The van der Waals surface area contributed by atoms with Crippen molar-refractivity contribution in [2.45, 2.75) is 62.7 Å². The van der Waals surface area contributed by atoms with Gasteiger partial charge in [-0.3, -0.25) is 0 Å². The van der Waals surface area contributed by atoms with Crippen LogP contribution in [0.1, 0.15) is 51.9 Å². The van der Waals surface area contributed by atoms with Crippen LogP contribution in [0.15, 0.2) is 0 Å². The second kappa shape index (κ2) is 5.34. The van der Waals surface area contributed by atoms with Gasteiger partial charge in [-0.1, -0.05) is 6.42 Å². The van der Waals surface area contributed by atoms with E-state index in [9.17, 15) is 0 Å². The molecule has 3 fully saturated rings. The summed E-state index contributed by atoms with van der Waals surface area (Å²) in [5, 5.41) is 3.95. The smallest absolute Gasteiger partial charge is 0.0471 e. The Bertz CT molecular complexity index is 282. The van der Waals surface area contributed by atoms with Crippen LogP contribution in [0.25, 0.3) is 0 Å². The molecule has 0 bridgehead atoms. The predicted octanol–water partition coefficient (Wildman–Crippen LogP) is 3.21. The summed E-state index contributed by atoms with van der Waals surface area (Å²) in [6.45, 7) is 5.64. The molecular weight excluding hydrogens is 242 g/mol. The lowest BCUT2D eigenvalue weighted by molar-refractivity contribution is 0.00418. The maximum atomic E-state index is 5.57. The molecule has 3 aliphatic rings. The van der Waals surface area contributed by atoms with Gasteiger partial charge < -0.3 is 10.1 Å². The lowest BCUT2D eigenvalue weighted by atomic mass is 9.75. The lowest BCUT2D eigenvalue weighted by Gasteiger charge is -2.40. The van der Waals surface area contributed by atoms with Crippen molar-refractivity contribution in [2.75, 3.05) is 25.5 Å². The van der Waals surface area contributed by atoms with Crippen molar-refractivity contribution in [3.63, 3.8) is 0 Å². The first-order valence-corrected chi connectivity index (χ1v) is 8.66. The van der Waals surface area contributed by atoms with Crippen LogP contribution in [0.3, 0.4) is 0 Å². The molecule has 0 amide bonds. The Morgan fingerprint density at radius 1 is 1.17 bits per heavy atom. The highest BCUT2D eigenvalue weighted by atomic mass is 32.2. The summed E-state index contributed by atoms with van der Waals surface area (Å²) in [6.07, 6.45) is 9.61. The molecule has 1 saturated carbocycles. The van der Waals surface area contributed by atoms with Crippen LogP contribution in [0, 0.1) is 5.41 Å². The molecule has 2 aliphatic heterocycles. The monoisotopic (exact) mass is 269 g/mol. The predicted molar refractivity (Wildman–Crippen MR) is 78.2 cm³/mol. The fraction of sp³-hybridized carbons (Fsp3) is 1.00. The minimum atomic E-state index is 0.509. The number of hydrogen-bond donors (Lipinski definition) is 1.